The molecular formula is C13H26N4O. The molecule has 1 aromatic heterocycles. The van der Waals surface area contributed by atoms with Crippen molar-refractivity contribution in [1.82, 2.24) is 9.78 Å². The molecule has 0 aliphatic rings. The second kappa shape index (κ2) is 6.64. The molecule has 0 aliphatic carbocycles. The Labute approximate surface area is 110 Å². The minimum Gasteiger partial charge on any atom is -0.394 e. The number of anilines is 2. The van der Waals surface area contributed by atoms with Crippen LogP contribution in [0, 0.1) is 6.92 Å². The summed E-state index contributed by atoms with van der Waals surface area (Å²) in [6.45, 7) is 8.98. The van der Waals surface area contributed by atoms with Crippen LogP contribution in [0.3, 0.4) is 0 Å². The molecule has 1 rings (SSSR count). The van der Waals surface area contributed by atoms with Gasteiger partial charge < -0.3 is 15.8 Å². The second-order valence-electron chi connectivity index (χ2n) is 4.97. The first kappa shape index (κ1) is 14.8. The normalized spacial score (nSPS) is 13.0. The number of nitrogens with zero attached hydrogens (tertiary/aromatic N) is 2. The number of aryl methyl sites for hydroxylation is 1. The zero-order valence-corrected chi connectivity index (χ0v) is 12.2. The van der Waals surface area contributed by atoms with E-state index in [2.05, 4.69) is 31.2 Å². The lowest BCUT2D eigenvalue weighted by Gasteiger charge is -2.21. The fraction of sp³-hybridized carbons (Fsp3) is 0.769. The van der Waals surface area contributed by atoms with Crippen molar-refractivity contribution >= 4 is 11.5 Å². The Hall–Kier alpha value is -1.23. The van der Waals surface area contributed by atoms with E-state index in [0.717, 1.165) is 30.0 Å². The maximum atomic E-state index is 6.10. The molecule has 0 spiro atoms. The Morgan fingerprint density at radius 3 is 2.61 bits per heavy atom. The van der Waals surface area contributed by atoms with Gasteiger partial charge in [-0.15, -0.1) is 0 Å². The van der Waals surface area contributed by atoms with E-state index in [1.807, 2.05) is 11.6 Å². The van der Waals surface area contributed by atoms with Crippen LogP contribution in [0.5, 0.6) is 0 Å². The highest BCUT2D eigenvalue weighted by atomic mass is 16.5. The predicted molar refractivity (Wildman–Crippen MR) is 76.0 cm³/mol. The number of nitrogen functional groups attached to an aromatic ring is 1. The number of nitrogens with one attached hydrogen (secondary N) is 1. The van der Waals surface area contributed by atoms with Gasteiger partial charge in [0.05, 0.1) is 24.0 Å². The largest absolute Gasteiger partial charge is 0.394 e. The van der Waals surface area contributed by atoms with Crippen LogP contribution >= 0.6 is 0 Å². The van der Waals surface area contributed by atoms with Crippen molar-refractivity contribution in [1.29, 1.82) is 0 Å². The van der Waals surface area contributed by atoms with E-state index in [1.54, 1.807) is 7.11 Å². The summed E-state index contributed by atoms with van der Waals surface area (Å²) < 4.78 is 7.19. The standard InChI is InChI=1S/C13H26N4O/c1-6-7-11(8-18-5)15-13-12(14)10(4)16-17(13)9(2)3/h9,11,15H,6-8,14H2,1-5H3. The van der Waals surface area contributed by atoms with Crippen molar-refractivity contribution < 1.29 is 4.74 Å². The first-order valence-electron chi connectivity index (χ1n) is 6.61. The Balaban J connectivity index is 2.93. The zero-order valence-electron chi connectivity index (χ0n) is 12.2. The average Bonchev–Trinajstić information content (AvgIpc) is 2.58. The van der Waals surface area contributed by atoms with Gasteiger partial charge in [0, 0.05) is 13.2 Å². The predicted octanol–water partition coefficient (Wildman–Crippen LogP) is 2.58. The molecule has 18 heavy (non-hydrogen) atoms. The number of hydrogen-bond donors (Lipinski definition) is 2. The second-order valence-corrected chi connectivity index (χ2v) is 4.97. The van der Waals surface area contributed by atoms with Crippen LogP contribution in [0.1, 0.15) is 45.3 Å². The number of aromatic nitrogens is 2. The highest BCUT2D eigenvalue weighted by molar-refractivity contribution is 5.65. The fourth-order valence-corrected chi connectivity index (χ4v) is 2.02. The molecule has 0 fully saturated rings. The van der Waals surface area contributed by atoms with Gasteiger partial charge in [-0.1, -0.05) is 13.3 Å². The minimum absolute atomic E-state index is 0.274. The maximum absolute atomic E-state index is 6.10. The highest BCUT2D eigenvalue weighted by Gasteiger charge is 2.17. The molecule has 0 radical (unpaired) electrons. The van der Waals surface area contributed by atoms with Crippen molar-refractivity contribution in [3.63, 3.8) is 0 Å². The van der Waals surface area contributed by atoms with Crippen molar-refractivity contribution in [2.45, 2.75) is 52.6 Å². The highest BCUT2D eigenvalue weighted by Crippen LogP contribution is 2.26. The Morgan fingerprint density at radius 1 is 1.44 bits per heavy atom. The molecule has 1 heterocycles. The molecule has 104 valence electrons. The van der Waals surface area contributed by atoms with Gasteiger partial charge in [0.1, 0.15) is 5.82 Å². The molecule has 0 saturated carbocycles. The Morgan fingerprint density at radius 2 is 2.11 bits per heavy atom. The number of ether oxygens (including phenoxy) is 1. The van der Waals surface area contributed by atoms with Gasteiger partial charge in [-0.25, -0.2) is 4.68 Å². The van der Waals surface area contributed by atoms with E-state index in [9.17, 15) is 0 Å². The van der Waals surface area contributed by atoms with Crippen LogP contribution in [0.15, 0.2) is 0 Å². The van der Waals surface area contributed by atoms with Crippen LogP contribution in [0.4, 0.5) is 11.5 Å². The molecule has 1 unspecified atom stereocenters. The lowest BCUT2D eigenvalue weighted by molar-refractivity contribution is 0.182. The first-order chi connectivity index (χ1) is 8.51. The van der Waals surface area contributed by atoms with Crippen molar-refractivity contribution in [3.05, 3.63) is 5.69 Å². The Kier molecular flexibility index (Phi) is 5.47. The smallest absolute Gasteiger partial charge is 0.148 e. The van der Waals surface area contributed by atoms with Gasteiger partial charge in [0.2, 0.25) is 0 Å². The average molecular weight is 254 g/mol. The van der Waals surface area contributed by atoms with E-state index in [1.165, 1.54) is 0 Å². The first-order valence-corrected chi connectivity index (χ1v) is 6.61. The molecule has 0 aliphatic heterocycles. The van der Waals surface area contributed by atoms with E-state index >= 15 is 0 Å². The zero-order chi connectivity index (χ0) is 13.7. The van der Waals surface area contributed by atoms with Crippen LogP contribution < -0.4 is 11.1 Å². The number of methoxy groups -OCH3 is 1. The van der Waals surface area contributed by atoms with Crippen molar-refractivity contribution in [2.75, 3.05) is 24.8 Å². The van der Waals surface area contributed by atoms with Crippen LogP contribution in [-0.4, -0.2) is 29.5 Å². The molecule has 0 bridgehead atoms. The summed E-state index contributed by atoms with van der Waals surface area (Å²) in [5, 5.41) is 7.94. The molecule has 1 atom stereocenters. The molecule has 5 heteroatoms. The SMILES string of the molecule is CCCC(COC)Nc1c(N)c(C)nn1C(C)C. The van der Waals surface area contributed by atoms with E-state index in [-0.39, 0.29) is 12.1 Å². The van der Waals surface area contributed by atoms with Crippen molar-refractivity contribution in [3.8, 4) is 0 Å². The number of nitrogens with two attached hydrogens (primary N) is 1. The molecule has 0 amide bonds. The van der Waals surface area contributed by atoms with Gasteiger partial charge in [0.25, 0.3) is 0 Å². The van der Waals surface area contributed by atoms with Gasteiger partial charge in [-0.3, -0.25) is 0 Å². The third-order valence-electron chi connectivity index (χ3n) is 2.97. The lowest BCUT2D eigenvalue weighted by Crippen LogP contribution is -2.27. The minimum atomic E-state index is 0.274. The van der Waals surface area contributed by atoms with Gasteiger partial charge in [0.15, 0.2) is 0 Å². The molecular weight excluding hydrogens is 228 g/mol. The fourth-order valence-electron chi connectivity index (χ4n) is 2.02. The van der Waals surface area contributed by atoms with Crippen molar-refractivity contribution in [2.24, 2.45) is 0 Å². The van der Waals surface area contributed by atoms with E-state index < -0.39 is 0 Å². The molecule has 3 N–H and O–H groups in total. The summed E-state index contributed by atoms with van der Waals surface area (Å²) in [5.74, 6) is 0.915. The summed E-state index contributed by atoms with van der Waals surface area (Å²) in [6, 6.07) is 0.559. The summed E-state index contributed by atoms with van der Waals surface area (Å²) in [4.78, 5) is 0. The number of rotatable bonds is 7. The summed E-state index contributed by atoms with van der Waals surface area (Å²) in [7, 11) is 1.72. The maximum Gasteiger partial charge on any atom is 0.148 e. The van der Waals surface area contributed by atoms with Crippen LogP contribution in [-0.2, 0) is 4.74 Å². The van der Waals surface area contributed by atoms with E-state index in [4.69, 9.17) is 10.5 Å². The third kappa shape index (κ3) is 3.38. The van der Waals surface area contributed by atoms with Gasteiger partial charge in [-0.05, 0) is 27.2 Å². The lowest BCUT2D eigenvalue weighted by atomic mass is 10.2. The molecule has 0 saturated heterocycles. The molecule has 0 aromatic carbocycles. The van der Waals surface area contributed by atoms with Gasteiger partial charge >= 0.3 is 0 Å². The summed E-state index contributed by atoms with van der Waals surface area (Å²) in [6.07, 6.45) is 2.16. The summed E-state index contributed by atoms with van der Waals surface area (Å²) in [5.41, 5.74) is 7.71. The van der Waals surface area contributed by atoms with Gasteiger partial charge in [-0.2, -0.15) is 5.10 Å². The number of hydrogen-bond acceptors (Lipinski definition) is 4. The van der Waals surface area contributed by atoms with E-state index in [0.29, 0.717) is 6.61 Å². The third-order valence-corrected chi connectivity index (χ3v) is 2.97. The van der Waals surface area contributed by atoms with Crippen LogP contribution in [0.2, 0.25) is 0 Å². The van der Waals surface area contributed by atoms with Crippen LogP contribution in [0.25, 0.3) is 0 Å². The topological polar surface area (TPSA) is 65.1 Å². The quantitative estimate of drug-likeness (QED) is 0.785. The monoisotopic (exact) mass is 254 g/mol. The summed E-state index contributed by atoms with van der Waals surface area (Å²) >= 11 is 0. The molecule has 1 aromatic rings. The molecule has 5 nitrogen and oxygen atoms in total. The Bertz CT molecular complexity index is 367.